The van der Waals surface area contributed by atoms with Gasteiger partial charge in [-0.05, 0) is 69.9 Å². The highest BCUT2D eigenvalue weighted by Crippen LogP contribution is 2.38. The lowest BCUT2D eigenvalue weighted by Crippen LogP contribution is -2.44. The summed E-state index contributed by atoms with van der Waals surface area (Å²) in [4.78, 5) is 2.52. The van der Waals surface area contributed by atoms with Gasteiger partial charge in [0.15, 0.2) is 0 Å². The summed E-state index contributed by atoms with van der Waals surface area (Å²) in [6.45, 7) is 5.87. The van der Waals surface area contributed by atoms with Gasteiger partial charge in [0, 0.05) is 6.04 Å². The van der Waals surface area contributed by atoms with E-state index in [9.17, 15) is 5.26 Å². The Bertz CT molecular complexity index is 361. The lowest BCUT2D eigenvalue weighted by molar-refractivity contribution is 0.120. The first-order valence-corrected chi connectivity index (χ1v) is 8.27. The monoisotopic (exact) mass is 277 g/mol. The van der Waals surface area contributed by atoms with Crippen molar-refractivity contribution in [3.8, 4) is 6.07 Å². The summed E-state index contributed by atoms with van der Waals surface area (Å²) >= 11 is 0. The van der Waals surface area contributed by atoms with E-state index in [-0.39, 0.29) is 0 Å². The van der Waals surface area contributed by atoms with Gasteiger partial charge >= 0.3 is 0 Å². The zero-order valence-corrected chi connectivity index (χ0v) is 13.5. The third-order valence-corrected chi connectivity index (χ3v) is 5.84. The standard InChI is InChI=1S/C17H31N3/c1-16(2)10-6-15(7-11-16)20(3)12-8-14-5-4-9-17(14,19)13-18/h14-15H,4-12,19H2,1-3H3. The first kappa shape index (κ1) is 15.8. The maximum Gasteiger partial charge on any atom is 0.107 e. The Kier molecular flexibility index (Phi) is 4.76. The van der Waals surface area contributed by atoms with Gasteiger partial charge in [-0.1, -0.05) is 20.3 Å². The summed E-state index contributed by atoms with van der Waals surface area (Å²) in [6.07, 6.45) is 9.54. The van der Waals surface area contributed by atoms with Gasteiger partial charge in [-0.15, -0.1) is 0 Å². The SMILES string of the molecule is CN(CCC1CCCC1(N)C#N)C1CCC(C)(C)CC1. The number of hydrogen-bond donors (Lipinski definition) is 1. The van der Waals surface area contributed by atoms with Crippen LogP contribution in [0.3, 0.4) is 0 Å². The molecule has 0 heterocycles. The van der Waals surface area contributed by atoms with Gasteiger partial charge in [-0.2, -0.15) is 5.26 Å². The van der Waals surface area contributed by atoms with E-state index in [1.54, 1.807) is 0 Å². The number of hydrogen-bond acceptors (Lipinski definition) is 3. The lowest BCUT2D eigenvalue weighted by Gasteiger charge is -2.39. The molecular formula is C17H31N3. The maximum absolute atomic E-state index is 9.28. The summed E-state index contributed by atoms with van der Waals surface area (Å²) in [6, 6.07) is 3.10. The van der Waals surface area contributed by atoms with Crippen LogP contribution in [0.25, 0.3) is 0 Å². The van der Waals surface area contributed by atoms with Crippen molar-refractivity contribution in [1.82, 2.24) is 4.90 Å². The van der Waals surface area contributed by atoms with Crippen molar-refractivity contribution in [1.29, 1.82) is 5.26 Å². The summed E-state index contributed by atoms with van der Waals surface area (Å²) in [7, 11) is 2.25. The Balaban J connectivity index is 1.78. The molecule has 0 aromatic rings. The van der Waals surface area contributed by atoms with Crippen molar-refractivity contribution in [2.75, 3.05) is 13.6 Å². The minimum absolute atomic E-state index is 0.398. The average Bonchev–Trinajstić information content (AvgIpc) is 2.78. The predicted octanol–water partition coefficient (Wildman–Crippen LogP) is 3.30. The summed E-state index contributed by atoms with van der Waals surface area (Å²) in [5.41, 5.74) is 6.21. The van der Waals surface area contributed by atoms with E-state index in [0.717, 1.165) is 38.3 Å². The Morgan fingerprint density at radius 1 is 1.20 bits per heavy atom. The fourth-order valence-corrected chi connectivity index (χ4v) is 4.02. The predicted molar refractivity (Wildman–Crippen MR) is 83.2 cm³/mol. The summed E-state index contributed by atoms with van der Waals surface area (Å²) in [5.74, 6) is 0.398. The molecule has 2 fully saturated rings. The van der Waals surface area contributed by atoms with Gasteiger partial charge in [-0.3, -0.25) is 0 Å². The molecule has 2 atom stereocenters. The number of nitriles is 1. The maximum atomic E-state index is 9.28. The highest BCUT2D eigenvalue weighted by Gasteiger charge is 2.39. The molecule has 0 radical (unpaired) electrons. The minimum Gasteiger partial charge on any atom is -0.313 e. The van der Waals surface area contributed by atoms with E-state index in [1.807, 2.05) is 0 Å². The molecule has 0 saturated heterocycles. The molecular weight excluding hydrogens is 246 g/mol. The molecule has 2 aliphatic rings. The smallest absolute Gasteiger partial charge is 0.107 e. The zero-order valence-electron chi connectivity index (χ0n) is 13.5. The van der Waals surface area contributed by atoms with Gasteiger partial charge in [0.1, 0.15) is 5.54 Å². The first-order valence-electron chi connectivity index (χ1n) is 8.27. The molecule has 2 saturated carbocycles. The fraction of sp³-hybridized carbons (Fsp3) is 0.941. The number of rotatable bonds is 4. The van der Waals surface area contributed by atoms with Crippen LogP contribution in [-0.2, 0) is 0 Å². The van der Waals surface area contributed by atoms with Crippen LogP contribution in [-0.4, -0.2) is 30.1 Å². The van der Waals surface area contributed by atoms with Crippen molar-refractivity contribution in [3.63, 3.8) is 0 Å². The fourth-order valence-electron chi connectivity index (χ4n) is 4.02. The van der Waals surface area contributed by atoms with Crippen LogP contribution in [0.4, 0.5) is 0 Å². The molecule has 0 aromatic heterocycles. The van der Waals surface area contributed by atoms with E-state index in [0.29, 0.717) is 11.3 Å². The Morgan fingerprint density at radius 2 is 1.85 bits per heavy atom. The third-order valence-electron chi connectivity index (χ3n) is 5.84. The second-order valence-corrected chi connectivity index (χ2v) is 7.91. The first-order chi connectivity index (χ1) is 9.36. The number of nitrogens with zero attached hydrogens (tertiary/aromatic N) is 2. The van der Waals surface area contributed by atoms with Crippen molar-refractivity contribution in [2.45, 2.75) is 76.8 Å². The summed E-state index contributed by atoms with van der Waals surface area (Å²) in [5, 5.41) is 9.28. The van der Waals surface area contributed by atoms with Crippen LogP contribution in [0.15, 0.2) is 0 Å². The molecule has 0 aliphatic heterocycles. The van der Waals surface area contributed by atoms with Crippen LogP contribution >= 0.6 is 0 Å². The Labute approximate surface area is 124 Å². The van der Waals surface area contributed by atoms with Crippen LogP contribution in [0.1, 0.15) is 65.2 Å². The van der Waals surface area contributed by atoms with Gasteiger partial charge in [0.05, 0.1) is 6.07 Å². The molecule has 3 nitrogen and oxygen atoms in total. The van der Waals surface area contributed by atoms with Crippen molar-refractivity contribution in [2.24, 2.45) is 17.1 Å². The highest BCUT2D eigenvalue weighted by atomic mass is 15.1. The molecule has 3 heteroatoms. The average molecular weight is 277 g/mol. The van der Waals surface area contributed by atoms with Crippen molar-refractivity contribution in [3.05, 3.63) is 0 Å². The van der Waals surface area contributed by atoms with Crippen LogP contribution in [0, 0.1) is 22.7 Å². The van der Waals surface area contributed by atoms with Gasteiger partial charge in [0.2, 0.25) is 0 Å². The van der Waals surface area contributed by atoms with Crippen LogP contribution < -0.4 is 5.73 Å². The van der Waals surface area contributed by atoms with E-state index in [1.165, 1.54) is 25.7 Å². The Morgan fingerprint density at radius 3 is 2.45 bits per heavy atom. The molecule has 0 amide bonds. The van der Waals surface area contributed by atoms with Crippen molar-refractivity contribution < 1.29 is 0 Å². The zero-order chi connectivity index (χ0) is 14.8. The van der Waals surface area contributed by atoms with Crippen LogP contribution in [0.2, 0.25) is 0 Å². The van der Waals surface area contributed by atoms with Gasteiger partial charge < -0.3 is 10.6 Å². The lowest BCUT2D eigenvalue weighted by atomic mass is 9.75. The molecule has 2 rings (SSSR count). The second-order valence-electron chi connectivity index (χ2n) is 7.91. The van der Waals surface area contributed by atoms with E-state index in [4.69, 9.17) is 5.73 Å². The topological polar surface area (TPSA) is 53.0 Å². The van der Waals surface area contributed by atoms with E-state index >= 15 is 0 Å². The third kappa shape index (κ3) is 3.54. The molecule has 0 aromatic carbocycles. The molecule has 114 valence electrons. The van der Waals surface area contributed by atoms with E-state index < -0.39 is 5.54 Å². The molecule has 0 bridgehead atoms. The second kappa shape index (κ2) is 6.03. The molecule has 2 aliphatic carbocycles. The minimum atomic E-state index is -0.546. The molecule has 2 unspecified atom stereocenters. The van der Waals surface area contributed by atoms with Crippen molar-refractivity contribution >= 4 is 0 Å². The Hall–Kier alpha value is -0.590. The largest absolute Gasteiger partial charge is 0.313 e. The van der Waals surface area contributed by atoms with Gasteiger partial charge in [0.25, 0.3) is 0 Å². The molecule has 0 spiro atoms. The highest BCUT2D eigenvalue weighted by molar-refractivity contribution is 5.12. The quantitative estimate of drug-likeness (QED) is 0.858. The van der Waals surface area contributed by atoms with Crippen LogP contribution in [0.5, 0.6) is 0 Å². The normalized spacial score (nSPS) is 34.3. The van der Waals surface area contributed by atoms with E-state index in [2.05, 4.69) is 31.9 Å². The van der Waals surface area contributed by atoms with Gasteiger partial charge in [-0.25, -0.2) is 0 Å². The number of nitrogens with two attached hydrogens (primary N) is 1. The summed E-state index contributed by atoms with van der Waals surface area (Å²) < 4.78 is 0. The molecule has 20 heavy (non-hydrogen) atoms. The molecule has 2 N–H and O–H groups in total.